The molecule has 1 aromatic carbocycles. The first-order chi connectivity index (χ1) is 13.5. The van der Waals surface area contributed by atoms with E-state index in [0.717, 1.165) is 6.54 Å². The van der Waals surface area contributed by atoms with E-state index in [2.05, 4.69) is 32.3 Å². The minimum absolute atomic E-state index is 0.169. The first-order valence-electron chi connectivity index (χ1n) is 9.28. The third-order valence-corrected chi connectivity index (χ3v) is 4.81. The zero-order valence-corrected chi connectivity index (χ0v) is 16.5. The van der Waals surface area contributed by atoms with Crippen molar-refractivity contribution in [3.63, 3.8) is 0 Å². The number of likely N-dealkylation sites (N-methyl/N-ethyl adjacent to an activating group) is 1. The summed E-state index contributed by atoms with van der Waals surface area (Å²) in [5, 5.41) is 2.68. The molecule has 8 heteroatoms. The average Bonchev–Trinajstić information content (AvgIpc) is 2.73. The largest absolute Gasteiger partial charge is 0.357 e. The summed E-state index contributed by atoms with van der Waals surface area (Å²) in [4.78, 5) is 39.5. The van der Waals surface area contributed by atoms with Crippen LogP contribution in [-0.2, 0) is 11.3 Å². The number of hydrogen-bond acceptors (Lipinski definition) is 6. The number of benzene rings is 1. The zero-order valence-electron chi connectivity index (χ0n) is 16.5. The van der Waals surface area contributed by atoms with E-state index in [1.54, 1.807) is 16.8 Å². The number of hydrogen-bond donors (Lipinski definition) is 1. The van der Waals surface area contributed by atoms with E-state index in [1.165, 1.54) is 18.0 Å². The normalized spacial score (nSPS) is 17.2. The van der Waals surface area contributed by atoms with Crippen LogP contribution in [0.1, 0.15) is 15.9 Å². The molecule has 28 heavy (non-hydrogen) atoms. The van der Waals surface area contributed by atoms with Gasteiger partial charge in [0.1, 0.15) is 6.04 Å². The monoisotopic (exact) mass is 382 g/mol. The van der Waals surface area contributed by atoms with Gasteiger partial charge in [-0.15, -0.1) is 0 Å². The van der Waals surface area contributed by atoms with E-state index in [-0.39, 0.29) is 11.8 Å². The third-order valence-electron chi connectivity index (χ3n) is 4.81. The van der Waals surface area contributed by atoms with Gasteiger partial charge in [0.15, 0.2) is 0 Å². The van der Waals surface area contributed by atoms with Gasteiger partial charge in [-0.1, -0.05) is 30.3 Å². The number of carbonyl (C=O) groups excluding carboxylic acids is 2. The van der Waals surface area contributed by atoms with Crippen molar-refractivity contribution in [2.24, 2.45) is 0 Å². The molecule has 2 aromatic rings. The Bertz CT molecular complexity index is 809. The molecule has 3 rings (SSSR count). The van der Waals surface area contributed by atoms with Crippen LogP contribution in [0.15, 0.2) is 42.7 Å². The topological polar surface area (TPSA) is 81.7 Å². The van der Waals surface area contributed by atoms with Crippen molar-refractivity contribution in [2.45, 2.75) is 12.6 Å². The third kappa shape index (κ3) is 4.45. The van der Waals surface area contributed by atoms with E-state index < -0.39 is 6.04 Å². The van der Waals surface area contributed by atoms with E-state index >= 15 is 0 Å². The Hall–Kier alpha value is -3.00. The van der Waals surface area contributed by atoms with Gasteiger partial charge in [0.2, 0.25) is 11.9 Å². The standard InChI is InChI=1S/C20H26N6O2/c1-21-18(27)17-14-25(13-15-7-5-4-6-8-15)9-10-26(17)19(28)16-11-22-20(23-12-16)24(2)3/h4-8,11-12,17H,9-10,13-14H2,1-3H3,(H,21,27). The molecular weight excluding hydrogens is 356 g/mol. The Balaban J connectivity index is 1.74. The smallest absolute Gasteiger partial charge is 0.257 e. The molecule has 1 unspecified atom stereocenters. The molecule has 1 atom stereocenters. The van der Waals surface area contributed by atoms with Crippen molar-refractivity contribution in [1.29, 1.82) is 0 Å². The van der Waals surface area contributed by atoms with E-state index in [0.29, 0.717) is 31.1 Å². The van der Waals surface area contributed by atoms with Gasteiger partial charge in [0, 0.05) is 59.7 Å². The van der Waals surface area contributed by atoms with Crippen LogP contribution >= 0.6 is 0 Å². The van der Waals surface area contributed by atoms with Crippen LogP contribution in [0.25, 0.3) is 0 Å². The van der Waals surface area contributed by atoms with Crippen LogP contribution < -0.4 is 10.2 Å². The molecule has 1 saturated heterocycles. The molecule has 0 radical (unpaired) electrons. The fourth-order valence-corrected chi connectivity index (χ4v) is 3.29. The Kier molecular flexibility index (Phi) is 6.20. The molecule has 2 amide bonds. The molecule has 0 spiro atoms. The second-order valence-corrected chi connectivity index (χ2v) is 7.02. The lowest BCUT2D eigenvalue weighted by atomic mass is 10.1. The van der Waals surface area contributed by atoms with Gasteiger partial charge in [0.05, 0.1) is 5.56 Å². The first-order valence-corrected chi connectivity index (χ1v) is 9.28. The van der Waals surface area contributed by atoms with E-state index in [1.807, 2.05) is 32.3 Å². The Morgan fingerprint density at radius 2 is 1.82 bits per heavy atom. The molecule has 1 aliphatic rings. The summed E-state index contributed by atoms with van der Waals surface area (Å²) in [5.74, 6) is 0.141. The van der Waals surface area contributed by atoms with Crippen LogP contribution in [0.5, 0.6) is 0 Å². The summed E-state index contributed by atoms with van der Waals surface area (Å²) in [5.41, 5.74) is 1.57. The fraction of sp³-hybridized carbons (Fsp3) is 0.400. The van der Waals surface area contributed by atoms with Crippen molar-refractivity contribution in [2.75, 3.05) is 45.7 Å². The molecule has 0 saturated carbocycles. The van der Waals surface area contributed by atoms with Crippen molar-refractivity contribution >= 4 is 17.8 Å². The minimum Gasteiger partial charge on any atom is -0.357 e. The van der Waals surface area contributed by atoms with Gasteiger partial charge in [-0.3, -0.25) is 14.5 Å². The summed E-state index contributed by atoms with van der Waals surface area (Å²) in [6.07, 6.45) is 3.03. The lowest BCUT2D eigenvalue weighted by molar-refractivity contribution is -0.127. The molecule has 1 fully saturated rings. The summed E-state index contributed by atoms with van der Waals surface area (Å²) in [7, 11) is 5.27. The van der Waals surface area contributed by atoms with Gasteiger partial charge >= 0.3 is 0 Å². The highest BCUT2D eigenvalue weighted by Crippen LogP contribution is 2.17. The predicted molar refractivity (Wildman–Crippen MR) is 107 cm³/mol. The molecular formula is C20H26N6O2. The predicted octanol–water partition coefficient (Wildman–Crippen LogP) is 0.615. The van der Waals surface area contributed by atoms with Crippen LogP contribution in [0, 0.1) is 0 Å². The number of nitrogens with one attached hydrogen (secondary N) is 1. The van der Waals surface area contributed by atoms with Gasteiger partial charge in [-0.25, -0.2) is 9.97 Å². The average molecular weight is 382 g/mol. The number of piperazine rings is 1. The van der Waals surface area contributed by atoms with Crippen LogP contribution in [-0.4, -0.2) is 78.4 Å². The maximum absolute atomic E-state index is 13.0. The molecule has 1 N–H and O–H groups in total. The van der Waals surface area contributed by atoms with Crippen molar-refractivity contribution in [1.82, 2.24) is 25.1 Å². The number of nitrogens with zero attached hydrogens (tertiary/aromatic N) is 5. The molecule has 0 bridgehead atoms. The summed E-state index contributed by atoms with van der Waals surface area (Å²) >= 11 is 0. The number of carbonyl (C=O) groups is 2. The minimum atomic E-state index is -0.552. The van der Waals surface area contributed by atoms with Gasteiger partial charge in [-0.2, -0.15) is 0 Å². The lowest BCUT2D eigenvalue weighted by Gasteiger charge is -2.40. The van der Waals surface area contributed by atoms with E-state index in [4.69, 9.17) is 0 Å². The molecule has 0 aliphatic carbocycles. The molecule has 8 nitrogen and oxygen atoms in total. The molecule has 1 aromatic heterocycles. The first kappa shape index (κ1) is 19.8. The summed E-state index contributed by atoms with van der Waals surface area (Å²) in [6, 6.07) is 9.57. The molecule has 1 aliphatic heterocycles. The highest BCUT2D eigenvalue weighted by molar-refractivity contribution is 5.97. The summed E-state index contributed by atoms with van der Waals surface area (Å²) in [6.45, 7) is 2.40. The Morgan fingerprint density at radius 3 is 2.43 bits per heavy atom. The maximum Gasteiger partial charge on any atom is 0.257 e. The number of anilines is 1. The number of rotatable bonds is 5. The highest BCUT2D eigenvalue weighted by Gasteiger charge is 2.35. The maximum atomic E-state index is 13.0. The summed E-state index contributed by atoms with van der Waals surface area (Å²) < 4.78 is 0. The van der Waals surface area contributed by atoms with Gasteiger partial charge in [-0.05, 0) is 5.56 Å². The Labute approximate surface area is 165 Å². The number of amides is 2. The molecule has 2 heterocycles. The number of aromatic nitrogens is 2. The Morgan fingerprint density at radius 1 is 1.14 bits per heavy atom. The zero-order chi connectivity index (χ0) is 20.1. The van der Waals surface area contributed by atoms with Crippen molar-refractivity contribution < 1.29 is 9.59 Å². The fourth-order valence-electron chi connectivity index (χ4n) is 3.29. The van der Waals surface area contributed by atoms with Gasteiger partial charge < -0.3 is 15.1 Å². The van der Waals surface area contributed by atoms with E-state index in [9.17, 15) is 9.59 Å². The van der Waals surface area contributed by atoms with Crippen LogP contribution in [0.3, 0.4) is 0 Å². The van der Waals surface area contributed by atoms with Crippen molar-refractivity contribution in [3.8, 4) is 0 Å². The highest BCUT2D eigenvalue weighted by atomic mass is 16.2. The second-order valence-electron chi connectivity index (χ2n) is 7.02. The van der Waals surface area contributed by atoms with Gasteiger partial charge in [0.25, 0.3) is 5.91 Å². The molecule has 148 valence electrons. The SMILES string of the molecule is CNC(=O)C1CN(Cc2ccccc2)CCN1C(=O)c1cnc(N(C)C)nc1. The van der Waals surface area contributed by atoms with Crippen LogP contribution in [0.4, 0.5) is 5.95 Å². The van der Waals surface area contributed by atoms with Crippen LogP contribution in [0.2, 0.25) is 0 Å². The second kappa shape index (κ2) is 8.79. The lowest BCUT2D eigenvalue weighted by Crippen LogP contribution is -2.60. The van der Waals surface area contributed by atoms with Crippen molar-refractivity contribution in [3.05, 3.63) is 53.9 Å². The quantitative estimate of drug-likeness (QED) is 0.816.